The van der Waals surface area contributed by atoms with E-state index in [9.17, 15) is 18.8 Å². The third-order valence-electron chi connectivity index (χ3n) is 7.92. The summed E-state index contributed by atoms with van der Waals surface area (Å²) in [4.78, 5) is 47.9. The van der Waals surface area contributed by atoms with Crippen molar-refractivity contribution in [3.63, 3.8) is 0 Å². The summed E-state index contributed by atoms with van der Waals surface area (Å²) in [5, 5.41) is 3.86. The molecule has 3 heterocycles. The lowest BCUT2D eigenvalue weighted by molar-refractivity contribution is -0.120. The summed E-state index contributed by atoms with van der Waals surface area (Å²) in [6.45, 7) is 0.169. The molecule has 0 saturated carbocycles. The van der Waals surface area contributed by atoms with Gasteiger partial charge in [-0.2, -0.15) is 0 Å². The molecule has 4 amide bonds. The number of nitrogens with zero attached hydrogens (tertiary/aromatic N) is 2. The van der Waals surface area contributed by atoms with Crippen LogP contribution in [0.4, 0.5) is 14.9 Å². The molecular weight excluding hydrogens is 519 g/mol. The molecule has 2 aliphatic heterocycles. The first-order chi connectivity index (χ1) is 20.0. The molecule has 5 aromatic rings. The van der Waals surface area contributed by atoms with Gasteiger partial charge in [-0.1, -0.05) is 72.8 Å². The number of para-hydroxylation sites is 2. The molecule has 202 valence electrons. The summed E-state index contributed by atoms with van der Waals surface area (Å²) >= 11 is 0. The monoisotopic (exact) mass is 544 g/mol. The van der Waals surface area contributed by atoms with Crippen molar-refractivity contribution in [1.29, 1.82) is 0 Å². The third kappa shape index (κ3) is 4.07. The average Bonchev–Trinajstić information content (AvgIpc) is 3.50. The van der Waals surface area contributed by atoms with E-state index in [1.165, 1.54) is 12.1 Å². The lowest BCUT2D eigenvalue weighted by Gasteiger charge is -2.36. The van der Waals surface area contributed by atoms with E-state index in [0.29, 0.717) is 6.42 Å². The van der Waals surface area contributed by atoms with Crippen LogP contribution >= 0.6 is 0 Å². The number of aromatic amines is 1. The van der Waals surface area contributed by atoms with Gasteiger partial charge in [0, 0.05) is 29.6 Å². The quantitative estimate of drug-likeness (QED) is 0.278. The molecule has 0 spiro atoms. The zero-order chi connectivity index (χ0) is 28.1. The van der Waals surface area contributed by atoms with E-state index in [0.717, 1.165) is 38.2 Å². The molecule has 7 rings (SSSR count). The van der Waals surface area contributed by atoms with Gasteiger partial charge in [-0.05, 0) is 47.0 Å². The number of anilines is 1. The molecule has 0 aliphatic carbocycles. The number of H-pyrrole nitrogens is 1. The maximum atomic E-state index is 14.2. The number of hydrogen-bond acceptors (Lipinski definition) is 3. The van der Waals surface area contributed by atoms with Gasteiger partial charge in [0.2, 0.25) is 0 Å². The Morgan fingerprint density at radius 1 is 0.878 bits per heavy atom. The predicted octanol–water partition coefficient (Wildman–Crippen LogP) is 5.72. The molecule has 1 fully saturated rings. The second kappa shape index (κ2) is 9.75. The number of aromatic nitrogens is 1. The van der Waals surface area contributed by atoms with Crippen LogP contribution in [-0.4, -0.2) is 33.8 Å². The smallest absolute Gasteiger partial charge is 0.332 e. The van der Waals surface area contributed by atoms with Gasteiger partial charge in [0.1, 0.15) is 17.9 Å². The van der Waals surface area contributed by atoms with Gasteiger partial charge in [-0.3, -0.25) is 14.5 Å². The van der Waals surface area contributed by atoms with E-state index in [1.807, 2.05) is 54.6 Å². The summed E-state index contributed by atoms with van der Waals surface area (Å²) in [5.74, 6) is -1.17. The number of benzene rings is 4. The number of imide groups is 1. The van der Waals surface area contributed by atoms with Crippen LogP contribution in [0, 0.1) is 5.82 Å². The minimum atomic E-state index is -0.727. The van der Waals surface area contributed by atoms with Gasteiger partial charge < -0.3 is 10.3 Å². The Kier molecular flexibility index (Phi) is 5.89. The molecule has 1 aromatic heterocycles. The van der Waals surface area contributed by atoms with Gasteiger partial charge in [0.05, 0.1) is 11.3 Å². The fourth-order valence-corrected chi connectivity index (χ4v) is 6.02. The van der Waals surface area contributed by atoms with Gasteiger partial charge in [-0.25, -0.2) is 14.1 Å². The van der Waals surface area contributed by atoms with Crippen LogP contribution in [0.1, 0.15) is 38.8 Å². The summed E-state index contributed by atoms with van der Waals surface area (Å²) in [5.41, 5.74) is 4.91. The van der Waals surface area contributed by atoms with Crippen LogP contribution in [0.5, 0.6) is 0 Å². The number of halogens is 1. The third-order valence-corrected chi connectivity index (χ3v) is 7.92. The van der Waals surface area contributed by atoms with Crippen molar-refractivity contribution in [3.8, 4) is 0 Å². The first-order valence-corrected chi connectivity index (χ1v) is 13.4. The highest BCUT2D eigenvalue weighted by Gasteiger charge is 2.53. The molecule has 4 aromatic carbocycles. The van der Waals surface area contributed by atoms with Gasteiger partial charge in [0.25, 0.3) is 11.8 Å². The Labute approximate surface area is 235 Å². The maximum absolute atomic E-state index is 14.2. The van der Waals surface area contributed by atoms with Crippen LogP contribution < -0.4 is 10.2 Å². The van der Waals surface area contributed by atoms with Crippen molar-refractivity contribution < 1.29 is 18.8 Å². The van der Waals surface area contributed by atoms with Gasteiger partial charge >= 0.3 is 6.03 Å². The van der Waals surface area contributed by atoms with E-state index < -0.39 is 24.0 Å². The second-order valence-corrected chi connectivity index (χ2v) is 10.3. The molecule has 2 atom stereocenters. The highest BCUT2D eigenvalue weighted by Crippen LogP contribution is 2.45. The Morgan fingerprint density at radius 2 is 1.59 bits per heavy atom. The number of hydrogen-bond donors (Lipinski definition) is 2. The molecule has 8 heteroatoms. The number of carbonyl (C=O) groups is 3. The van der Waals surface area contributed by atoms with Crippen LogP contribution in [0.25, 0.3) is 10.9 Å². The van der Waals surface area contributed by atoms with Crippen LogP contribution in [0.2, 0.25) is 0 Å². The summed E-state index contributed by atoms with van der Waals surface area (Å²) < 4.78 is 13.3. The molecule has 0 bridgehead atoms. The Morgan fingerprint density at radius 3 is 2.39 bits per heavy atom. The van der Waals surface area contributed by atoms with Crippen LogP contribution in [0.3, 0.4) is 0 Å². The van der Waals surface area contributed by atoms with Gasteiger partial charge in [0.15, 0.2) is 0 Å². The number of urea groups is 1. The summed E-state index contributed by atoms with van der Waals surface area (Å²) in [6, 6.07) is 28.4. The summed E-state index contributed by atoms with van der Waals surface area (Å²) in [7, 11) is 0. The standard InChI is InChI=1S/C33H25FN4O3/c34-22-16-14-20(15-17-22)19-35-31(39)24-11-5-7-13-27(24)38-32(40)28-18-25-23-10-4-6-12-26(23)36-29(25)30(37(28)33(38)41)21-8-2-1-3-9-21/h1-17,28,30,36H,18-19H2,(H,35,39)/t28-,30+/m0/s1. The normalized spacial score (nSPS) is 18.0. The molecule has 2 N–H and O–H groups in total. The number of carbonyl (C=O) groups excluding carboxylic acids is 3. The van der Waals surface area contributed by atoms with Crippen molar-refractivity contribution in [3.05, 3.63) is 137 Å². The number of amides is 4. The zero-order valence-corrected chi connectivity index (χ0v) is 21.9. The van der Waals surface area contributed by atoms with E-state index in [4.69, 9.17) is 0 Å². The van der Waals surface area contributed by atoms with E-state index in [2.05, 4.69) is 10.3 Å². The second-order valence-electron chi connectivity index (χ2n) is 10.3. The Bertz CT molecular complexity index is 1820. The lowest BCUT2D eigenvalue weighted by Crippen LogP contribution is -2.44. The number of nitrogens with one attached hydrogen (secondary N) is 2. The molecule has 7 nitrogen and oxygen atoms in total. The molecular formula is C33H25FN4O3. The highest BCUT2D eigenvalue weighted by atomic mass is 19.1. The minimum Gasteiger partial charge on any atom is -0.356 e. The largest absolute Gasteiger partial charge is 0.356 e. The lowest BCUT2D eigenvalue weighted by atomic mass is 9.89. The first-order valence-electron chi connectivity index (χ1n) is 13.4. The topological polar surface area (TPSA) is 85.5 Å². The SMILES string of the molecule is O=C(NCc1ccc(F)cc1)c1ccccc1N1C(=O)[C@@H]2Cc3c([nH]c4ccccc34)[C@@H](c3ccccc3)N2C1=O. The van der Waals surface area contributed by atoms with Crippen molar-refractivity contribution in [1.82, 2.24) is 15.2 Å². The molecule has 0 unspecified atom stereocenters. The summed E-state index contributed by atoms with van der Waals surface area (Å²) in [6.07, 6.45) is 0.364. The fourth-order valence-electron chi connectivity index (χ4n) is 6.02. The van der Waals surface area contributed by atoms with E-state index in [1.54, 1.807) is 41.3 Å². The zero-order valence-electron chi connectivity index (χ0n) is 21.9. The highest BCUT2D eigenvalue weighted by molar-refractivity contribution is 6.24. The fraction of sp³-hybridized carbons (Fsp3) is 0.121. The van der Waals surface area contributed by atoms with Crippen LogP contribution in [-0.2, 0) is 17.8 Å². The van der Waals surface area contributed by atoms with Crippen molar-refractivity contribution in [2.45, 2.75) is 25.0 Å². The van der Waals surface area contributed by atoms with Crippen molar-refractivity contribution in [2.75, 3.05) is 4.90 Å². The molecule has 2 aliphatic rings. The van der Waals surface area contributed by atoms with Gasteiger partial charge in [-0.15, -0.1) is 0 Å². The number of fused-ring (bicyclic) bond motifs is 4. The average molecular weight is 545 g/mol. The predicted molar refractivity (Wildman–Crippen MR) is 153 cm³/mol. The Hall–Kier alpha value is -5.24. The van der Waals surface area contributed by atoms with E-state index in [-0.39, 0.29) is 29.5 Å². The molecule has 0 radical (unpaired) electrons. The Balaban J connectivity index is 1.26. The minimum absolute atomic E-state index is 0.169. The first kappa shape index (κ1) is 24.8. The van der Waals surface area contributed by atoms with E-state index >= 15 is 0 Å². The van der Waals surface area contributed by atoms with Crippen molar-refractivity contribution >= 4 is 34.4 Å². The van der Waals surface area contributed by atoms with Crippen molar-refractivity contribution in [2.24, 2.45) is 0 Å². The maximum Gasteiger partial charge on any atom is 0.332 e. The molecule has 41 heavy (non-hydrogen) atoms. The number of rotatable bonds is 5. The van der Waals surface area contributed by atoms with Crippen LogP contribution in [0.15, 0.2) is 103 Å². The molecule has 1 saturated heterocycles.